The monoisotopic (exact) mass is 907 g/mol. The molecule has 8 aromatic carbocycles. The summed E-state index contributed by atoms with van der Waals surface area (Å²) in [7, 11) is 0. The van der Waals surface area contributed by atoms with Gasteiger partial charge in [-0.25, -0.2) is 0 Å². The fraction of sp³-hybridized carbons (Fsp3) is 0.109. The lowest BCUT2D eigenvalue weighted by molar-refractivity contribution is -0.143. The Hall–Kier alpha value is -7.78. The van der Waals surface area contributed by atoms with E-state index in [0.717, 1.165) is 51.2 Å². The van der Waals surface area contributed by atoms with Gasteiger partial charge in [0, 0.05) is 27.1 Å². The van der Waals surface area contributed by atoms with Crippen molar-refractivity contribution in [2.75, 3.05) is 0 Å². The first-order chi connectivity index (χ1) is 31.8. The number of benzene rings is 8. The number of aryl methyl sites for hydroxylation is 3. The van der Waals surface area contributed by atoms with Crippen LogP contribution in [0.15, 0.2) is 152 Å². The predicted molar refractivity (Wildman–Crippen MR) is 245 cm³/mol. The third-order valence-electron chi connectivity index (χ3n) is 12.4. The number of aromatic nitrogens is 2. The number of hydrogen-bond donors (Lipinski definition) is 0. The quantitative estimate of drug-likeness (QED) is 0.158. The van der Waals surface area contributed by atoms with Gasteiger partial charge in [-0.1, -0.05) is 96.6 Å². The van der Waals surface area contributed by atoms with E-state index in [0.29, 0.717) is 39.1 Å². The first kappa shape index (κ1) is 43.1. The highest BCUT2D eigenvalue weighted by atomic mass is 19.4. The molecule has 0 bridgehead atoms. The Balaban J connectivity index is 1.36. The second-order valence-electron chi connectivity index (χ2n) is 16.8. The maximum absolute atomic E-state index is 14.8. The Morgan fingerprint density at radius 2 is 0.940 bits per heavy atom. The van der Waals surface area contributed by atoms with E-state index < -0.39 is 40.8 Å². The molecule has 0 amide bonds. The van der Waals surface area contributed by atoms with E-state index in [4.69, 9.17) is 0 Å². The van der Waals surface area contributed by atoms with Crippen molar-refractivity contribution >= 4 is 43.6 Å². The van der Waals surface area contributed by atoms with Gasteiger partial charge in [-0.15, -0.1) is 0 Å². The van der Waals surface area contributed by atoms with E-state index in [1.165, 1.54) is 12.1 Å². The van der Waals surface area contributed by atoms with Crippen LogP contribution in [0.1, 0.15) is 38.9 Å². The van der Waals surface area contributed by atoms with Gasteiger partial charge in [0.2, 0.25) is 0 Å². The van der Waals surface area contributed by atoms with Crippen molar-refractivity contribution in [3.05, 3.63) is 191 Å². The molecule has 12 heteroatoms. The predicted octanol–water partition coefficient (Wildman–Crippen LogP) is 16.7. The first-order valence-electron chi connectivity index (χ1n) is 21.0. The van der Waals surface area contributed by atoms with Gasteiger partial charge in [0.1, 0.15) is 0 Å². The maximum Gasteiger partial charge on any atom is 0.417 e. The summed E-state index contributed by atoms with van der Waals surface area (Å²) >= 11 is 0. The van der Waals surface area contributed by atoms with Gasteiger partial charge < -0.3 is 9.13 Å². The smallest absolute Gasteiger partial charge is 0.308 e. The zero-order valence-corrected chi connectivity index (χ0v) is 35.7. The van der Waals surface area contributed by atoms with Crippen molar-refractivity contribution < 1.29 is 39.5 Å². The van der Waals surface area contributed by atoms with Crippen molar-refractivity contribution in [2.24, 2.45) is 0 Å². The molecular formula is C55H34F9N3. The van der Waals surface area contributed by atoms with Gasteiger partial charge in [0.05, 0.1) is 61.8 Å². The molecule has 0 unspecified atom stereocenters. The summed E-state index contributed by atoms with van der Waals surface area (Å²) in [5.41, 5.74) is 3.06. The third kappa shape index (κ3) is 7.35. The van der Waals surface area contributed by atoms with Crippen molar-refractivity contribution in [1.82, 2.24) is 9.13 Å². The molecule has 0 aliphatic heterocycles. The van der Waals surface area contributed by atoms with Crippen LogP contribution < -0.4 is 0 Å². The molecule has 67 heavy (non-hydrogen) atoms. The summed E-state index contributed by atoms with van der Waals surface area (Å²) in [6.45, 7) is 5.56. The highest BCUT2D eigenvalue weighted by Crippen LogP contribution is 2.47. The fourth-order valence-electron chi connectivity index (χ4n) is 9.56. The molecule has 332 valence electrons. The molecule has 0 fully saturated rings. The molecule has 0 saturated heterocycles. The average molecular weight is 908 g/mol. The van der Waals surface area contributed by atoms with E-state index in [1.807, 2.05) is 73.0 Å². The van der Waals surface area contributed by atoms with Crippen LogP contribution in [0.2, 0.25) is 0 Å². The van der Waals surface area contributed by atoms with Gasteiger partial charge >= 0.3 is 18.5 Å². The largest absolute Gasteiger partial charge is 0.417 e. The Bertz CT molecular complexity index is 3710. The van der Waals surface area contributed by atoms with E-state index in [-0.39, 0.29) is 45.1 Å². The molecule has 0 aliphatic rings. The molecular weight excluding hydrogens is 874 g/mol. The van der Waals surface area contributed by atoms with Crippen LogP contribution in [0.5, 0.6) is 0 Å². The zero-order chi connectivity index (χ0) is 47.3. The molecule has 0 radical (unpaired) electrons. The number of para-hydroxylation sites is 2. The van der Waals surface area contributed by atoms with Gasteiger partial charge in [-0.05, 0) is 120 Å². The first-order valence-corrected chi connectivity index (χ1v) is 21.0. The number of nitriles is 1. The number of fused-ring (bicyclic) bond motifs is 6. The standard InChI is InChI=1S/C55H34F9N3/c1-30-12-16-39(32(3)20-30)34-13-17-43-41-8-4-6-10-46(41)66(48(43)26-34)50-23-33(29-65)24-51(52(50)36-21-31(2)22-38(25-36)54(59,60)61)67-47-11-7-5-9-42(47)44-18-14-35(27-49(44)67)40-19-15-37(53(56,57)58)28-45(40)55(62,63)64/h4-28H,1-3H3. The molecule has 0 atom stereocenters. The fourth-order valence-corrected chi connectivity index (χ4v) is 9.56. The van der Waals surface area contributed by atoms with Crippen LogP contribution in [0, 0.1) is 32.1 Å². The molecule has 2 aromatic heterocycles. The summed E-state index contributed by atoms with van der Waals surface area (Å²) in [6, 6.07) is 41.8. The van der Waals surface area contributed by atoms with Crippen LogP contribution in [0.25, 0.3) is 88.4 Å². The highest BCUT2D eigenvalue weighted by molar-refractivity contribution is 6.13. The van der Waals surface area contributed by atoms with Gasteiger partial charge in [0.15, 0.2) is 0 Å². The number of rotatable bonds is 5. The van der Waals surface area contributed by atoms with E-state index in [2.05, 4.69) is 12.1 Å². The second kappa shape index (κ2) is 15.4. The Morgan fingerprint density at radius 1 is 0.418 bits per heavy atom. The van der Waals surface area contributed by atoms with Crippen LogP contribution in [0.4, 0.5) is 39.5 Å². The Kier molecular flexibility index (Phi) is 9.92. The average Bonchev–Trinajstić information content (AvgIpc) is 3.79. The van der Waals surface area contributed by atoms with E-state index >= 15 is 0 Å². The summed E-state index contributed by atoms with van der Waals surface area (Å²) in [4.78, 5) is 0. The SMILES string of the molecule is Cc1cc(-c2c(-n3c4ccccc4c4ccc(-c5ccc(C)cc5C)cc43)cc(C#N)cc2-n2c3ccccc3c3ccc(-c4ccc(C(F)(F)F)cc4C(F)(F)F)cc32)cc(C(F)(F)F)c1. The Morgan fingerprint density at radius 3 is 1.46 bits per heavy atom. The van der Waals surface area contributed by atoms with Gasteiger partial charge in [-0.3, -0.25) is 0 Å². The summed E-state index contributed by atoms with van der Waals surface area (Å²) in [6.07, 6.45) is -15.0. The normalized spacial score (nSPS) is 12.5. The minimum Gasteiger partial charge on any atom is -0.308 e. The minimum absolute atomic E-state index is 0.0629. The zero-order valence-electron chi connectivity index (χ0n) is 35.7. The summed E-state index contributed by atoms with van der Waals surface area (Å²) < 4.78 is 134. The van der Waals surface area contributed by atoms with Crippen molar-refractivity contribution in [2.45, 2.75) is 39.3 Å². The second-order valence-corrected chi connectivity index (χ2v) is 16.8. The molecule has 0 aliphatic carbocycles. The number of alkyl halides is 9. The van der Waals surface area contributed by atoms with E-state index in [9.17, 15) is 44.8 Å². The van der Waals surface area contributed by atoms with Crippen LogP contribution >= 0.6 is 0 Å². The van der Waals surface area contributed by atoms with Crippen LogP contribution in [-0.2, 0) is 18.5 Å². The third-order valence-corrected chi connectivity index (χ3v) is 12.4. The lowest BCUT2D eigenvalue weighted by Crippen LogP contribution is -2.12. The molecule has 10 rings (SSSR count). The molecule has 0 saturated carbocycles. The van der Waals surface area contributed by atoms with Crippen LogP contribution in [0.3, 0.4) is 0 Å². The molecule has 10 aromatic rings. The molecule has 2 heterocycles. The lowest BCUT2D eigenvalue weighted by Gasteiger charge is -2.22. The molecule has 3 nitrogen and oxygen atoms in total. The topological polar surface area (TPSA) is 33.6 Å². The number of hydrogen-bond acceptors (Lipinski definition) is 1. The van der Waals surface area contributed by atoms with Crippen molar-refractivity contribution in [1.29, 1.82) is 5.26 Å². The number of nitrogens with zero attached hydrogens (tertiary/aromatic N) is 3. The number of halogens is 9. The van der Waals surface area contributed by atoms with Gasteiger partial charge in [-0.2, -0.15) is 44.8 Å². The lowest BCUT2D eigenvalue weighted by atomic mass is 9.94. The van der Waals surface area contributed by atoms with Crippen molar-refractivity contribution in [3.63, 3.8) is 0 Å². The summed E-state index contributed by atoms with van der Waals surface area (Å²) in [5, 5.41) is 13.6. The summed E-state index contributed by atoms with van der Waals surface area (Å²) in [5.74, 6) is 0. The Labute approximate surface area is 377 Å². The minimum atomic E-state index is -5.18. The van der Waals surface area contributed by atoms with E-state index in [1.54, 1.807) is 60.0 Å². The molecule has 0 spiro atoms. The van der Waals surface area contributed by atoms with Crippen LogP contribution in [-0.4, -0.2) is 9.13 Å². The highest BCUT2D eigenvalue weighted by Gasteiger charge is 2.39. The van der Waals surface area contributed by atoms with Gasteiger partial charge in [0.25, 0.3) is 0 Å². The van der Waals surface area contributed by atoms with Crippen molar-refractivity contribution in [3.8, 4) is 50.8 Å². The maximum atomic E-state index is 14.8. The molecule has 0 N–H and O–H groups in total.